The van der Waals surface area contributed by atoms with Crippen molar-refractivity contribution >= 4 is 10.0 Å². The molecule has 25 heavy (non-hydrogen) atoms. The van der Waals surface area contributed by atoms with E-state index in [-0.39, 0.29) is 10.6 Å². The van der Waals surface area contributed by atoms with Gasteiger partial charge < -0.3 is 0 Å². The Morgan fingerprint density at radius 3 is 2.56 bits per heavy atom. The van der Waals surface area contributed by atoms with Crippen LogP contribution in [-0.4, -0.2) is 50.4 Å². The van der Waals surface area contributed by atoms with Gasteiger partial charge in [0, 0.05) is 39.3 Å². The SMILES string of the molecule is CCn1c(CC2CCN(S(=O)(=O)c3cn(C)nc3C)CC2)n[nH]c1=O. The van der Waals surface area contributed by atoms with Crippen molar-refractivity contribution in [2.45, 2.75) is 44.6 Å². The molecule has 1 saturated heterocycles. The predicted molar refractivity (Wildman–Crippen MR) is 91.7 cm³/mol. The standard InChI is InChI=1S/C15H24N6O3S/c1-4-21-14(16-17-15(21)22)9-12-5-7-20(8-6-12)25(23,24)13-10-19(3)18-11(13)2/h10,12H,4-9H2,1-3H3,(H,17,22). The highest BCUT2D eigenvalue weighted by molar-refractivity contribution is 7.89. The summed E-state index contributed by atoms with van der Waals surface area (Å²) in [6.45, 7) is 5.15. The summed E-state index contributed by atoms with van der Waals surface area (Å²) in [6.07, 6.45) is 3.75. The van der Waals surface area contributed by atoms with Crippen LogP contribution in [0.15, 0.2) is 15.9 Å². The molecule has 3 heterocycles. The maximum absolute atomic E-state index is 12.8. The molecule has 138 valence electrons. The molecule has 9 nitrogen and oxygen atoms in total. The number of nitrogens with zero attached hydrogens (tertiary/aromatic N) is 5. The summed E-state index contributed by atoms with van der Waals surface area (Å²) >= 11 is 0. The van der Waals surface area contributed by atoms with Crippen molar-refractivity contribution in [3.05, 3.63) is 28.2 Å². The molecule has 0 amide bonds. The van der Waals surface area contributed by atoms with Crippen LogP contribution in [0.4, 0.5) is 0 Å². The number of aromatic amines is 1. The van der Waals surface area contributed by atoms with E-state index in [1.807, 2.05) is 6.92 Å². The summed E-state index contributed by atoms with van der Waals surface area (Å²) in [5.41, 5.74) is 0.331. The van der Waals surface area contributed by atoms with E-state index in [0.717, 1.165) is 18.7 Å². The second-order valence-corrected chi connectivity index (χ2v) is 8.40. The highest BCUT2D eigenvalue weighted by Crippen LogP contribution is 2.26. The van der Waals surface area contributed by atoms with Gasteiger partial charge in [-0.25, -0.2) is 18.3 Å². The number of piperidine rings is 1. The molecule has 0 saturated carbocycles. The molecule has 1 N–H and O–H groups in total. The lowest BCUT2D eigenvalue weighted by Crippen LogP contribution is -2.39. The highest BCUT2D eigenvalue weighted by Gasteiger charge is 2.32. The number of rotatable bonds is 5. The van der Waals surface area contributed by atoms with E-state index in [2.05, 4.69) is 15.3 Å². The average Bonchev–Trinajstić information content (AvgIpc) is 3.10. The van der Waals surface area contributed by atoms with Crippen LogP contribution in [0.1, 0.15) is 31.3 Å². The fourth-order valence-corrected chi connectivity index (χ4v) is 5.08. The first-order valence-electron chi connectivity index (χ1n) is 8.47. The van der Waals surface area contributed by atoms with E-state index in [4.69, 9.17) is 0 Å². The molecule has 1 aliphatic rings. The normalized spacial score (nSPS) is 17.2. The lowest BCUT2D eigenvalue weighted by molar-refractivity contribution is 0.268. The Morgan fingerprint density at radius 2 is 2.00 bits per heavy atom. The van der Waals surface area contributed by atoms with Gasteiger partial charge in [-0.1, -0.05) is 0 Å². The van der Waals surface area contributed by atoms with E-state index in [9.17, 15) is 13.2 Å². The topological polar surface area (TPSA) is 106 Å². The van der Waals surface area contributed by atoms with Gasteiger partial charge in [-0.3, -0.25) is 9.25 Å². The Kier molecular flexibility index (Phi) is 4.83. The fraction of sp³-hybridized carbons (Fsp3) is 0.667. The molecule has 0 aromatic carbocycles. The summed E-state index contributed by atoms with van der Waals surface area (Å²) in [7, 11) is -1.79. The van der Waals surface area contributed by atoms with Gasteiger partial charge in [-0.15, -0.1) is 0 Å². The van der Waals surface area contributed by atoms with Crippen molar-refractivity contribution in [1.82, 2.24) is 28.9 Å². The van der Waals surface area contributed by atoms with Gasteiger partial charge in [0.1, 0.15) is 10.7 Å². The molecule has 0 unspecified atom stereocenters. The monoisotopic (exact) mass is 368 g/mol. The zero-order valence-electron chi connectivity index (χ0n) is 14.8. The Hall–Kier alpha value is -1.94. The van der Waals surface area contributed by atoms with Crippen LogP contribution >= 0.6 is 0 Å². The Morgan fingerprint density at radius 1 is 1.32 bits per heavy atom. The Labute approximate surface area is 146 Å². The smallest absolute Gasteiger partial charge is 0.279 e. The fourth-order valence-electron chi connectivity index (χ4n) is 3.41. The van der Waals surface area contributed by atoms with Gasteiger partial charge >= 0.3 is 5.69 Å². The van der Waals surface area contributed by atoms with Crippen LogP contribution in [0.5, 0.6) is 0 Å². The van der Waals surface area contributed by atoms with Gasteiger partial charge in [0.2, 0.25) is 10.0 Å². The molecule has 2 aromatic rings. The molecule has 0 radical (unpaired) electrons. The van der Waals surface area contributed by atoms with Gasteiger partial charge in [-0.05, 0) is 32.6 Å². The van der Waals surface area contributed by atoms with Crippen molar-refractivity contribution in [2.75, 3.05) is 13.1 Å². The highest BCUT2D eigenvalue weighted by atomic mass is 32.2. The average molecular weight is 368 g/mol. The molecular weight excluding hydrogens is 344 g/mol. The minimum atomic E-state index is -3.50. The third-order valence-electron chi connectivity index (χ3n) is 4.78. The number of aryl methyl sites for hydroxylation is 2. The maximum atomic E-state index is 12.8. The summed E-state index contributed by atoms with van der Waals surface area (Å²) in [5.74, 6) is 1.07. The molecular formula is C15H24N6O3S. The lowest BCUT2D eigenvalue weighted by Gasteiger charge is -2.30. The molecule has 0 bridgehead atoms. The number of aromatic nitrogens is 5. The van der Waals surface area contributed by atoms with Gasteiger partial charge in [-0.2, -0.15) is 14.5 Å². The van der Waals surface area contributed by atoms with Crippen LogP contribution in [-0.2, 0) is 30.0 Å². The van der Waals surface area contributed by atoms with E-state index in [1.54, 1.807) is 24.7 Å². The number of nitrogens with one attached hydrogen (secondary N) is 1. The quantitative estimate of drug-likeness (QED) is 0.816. The Bertz CT molecular complexity index is 902. The van der Waals surface area contributed by atoms with Crippen molar-refractivity contribution < 1.29 is 8.42 Å². The first-order chi connectivity index (χ1) is 11.8. The minimum absolute atomic E-state index is 0.190. The van der Waals surface area contributed by atoms with Crippen LogP contribution in [0.2, 0.25) is 0 Å². The van der Waals surface area contributed by atoms with Crippen molar-refractivity contribution in [1.29, 1.82) is 0 Å². The minimum Gasteiger partial charge on any atom is -0.279 e. The molecule has 0 atom stereocenters. The first-order valence-corrected chi connectivity index (χ1v) is 9.91. The molecule has 2 aromatic heterocycles. The molecule has 0 aliphatic carbocycles. The molecule has 10 heteroatoms. The zero-order chi connectivity index (χ0) is 18.2. The van der Waals surface area contributed by atoms with Crippen LogP contribution in [0, 0.1) is 12.8 Å². The van der Waals surface area contributed by atoms with E-state index >= 15 is 0 Å². The second kappa shape index (κ2) is 6.75. The summed E-state index contributed by atoms with van der Waals surface area (Å²) in [5, 5.41) is 10.7. The zero-order valence-corrected chi connectivity index (χ0v) is 15.6. The van der Waals surface area contributed by atoms with Crippen LogP contribution < -0.4 is 5.69 Å². The van der Waals surface area contributed by atoms with Crippen LogP contribution in [0.25, 0.3) is 0 Å². The largest absolute Gasteiger partial charge is 0.343 e. The van der Waals surface area contributed by atoms with Crippen molar-refractivity contribution in [2.24, 2.45) is 13.0 Å². The molecule has 3 rings (SSSR count). The predicted octanol–water partition coefficient (Wildman–Crippen LogP) is 0.277. The van der Waals surface area contributed by atoms with Gasteiger partial charge in [0.15, 0.2) is 0 Å². The summed E-state index contributed by atoms with van der Waals surface area (Å²) < 4.78 is 30.3. The van der Waals surface area contributed by atoms with E-state index < -0.39 is 10.0 Å². The molecule has 1 aliphatic heterocycles. The van der Waals surface area contributed by atoms with Gasteiger partial charge in [0.25, 0.3) is 0 Å². The van der Waals surface area contributed by atoms with E-state index in [1.165, 1.54) is 8.99 Å². The van der Waals surface area contributed by atoms with Gasteiger partial charge in [0.05, 0.1) is 5.69 Å². The molecule has 0 spiro atoms. The number of hydrogen-bond acceptors (Lipinski definition) is 5. The van der Waals surface area contributed by atoms with Crippen molar-refractivity contribution in [3.63, 3.8) is 0 Å². The van der Waals surface area contributed by atoms with E-state index in [0.29, 0.717) is 37.7 Å². The lowest BCUT2D eigenvalue weighted by atomic mass is 9.94. The number of sulfonamides is 1. The van der Waals surface area contributed by atoms with Crippen LogP contribution in [0.3, 0.4) is 0 Å². The number of hydrogen-bond donors (Lipinski definition) is 1. The third-order valence-corrected chi connectivity index (χ3v) is 6.79. The van der Waals surface area contributed by atoms with Crippen molar-refractivity contribution in [3.8, 4) is 0 Å². The Balaban J connectivity index is 1.67. The second-order valence-electron chi connectivity index (χ2n) is 6.49. The summed E-state index contributed by atoms with van der Waals surface area (Å²) in [6, 6.07) is 0. The summed E-state index contributed by atoms with van der Waals surface area (Å²) in [4.78, 5) is 11.9. The maximum Gasteiger partial charge on any atom is 0.343 e. The third kappa shape index (κ3) is 3.40. The first kappa shape index (κ1) is 17.9. The molecule has 1 fully saturated rings. The number of H-pyrrole nitrogens is 1.